The summed E-state index contributed by atoms with van der Waals surface area (Å²) in [6, 6.07) is 9.58. The first-order chi connectivity index (χ1) is 12.6. The molecule has 1 atom stereocenters. The average molecular weight is 360 g/mol. The van der Waals surface area contributed by atoms with Crippen molar-refractivity contribution in [2.24, 2.45) is 5.92 Å². The van der Waals surface area contributed by atoms with Crippen LogP contribution in [0.15, 0.2) is 30.3 Å². The molecule has 1 heterocycles. The van der Waals surface area contributed by atoms with E-state index in [1.807, 2.05) is 30.3 Å². The maximum absolute atomic E-state index is 12.4. The van der Waals surface area contributed by atoms with Crippen molar-refractivity contribution in [2.75, 3.05) is 19.7 Å². The van der Waals surface area contributed by atoms with Crippen molar-refractivity contribution in [1.29, 1.82) is 0 Å². The Morgan fingerprint density at radius 1 is 1.19 bits per heavy atom. The van der Waals surface area contributed by atoms with Gasteiger partial charge in [0.2, 0.25) is 5.91 Å². The Morgan fingerprint density at radius 3 is 2.54 bits per heavy atom. The lowest BCUT2D eigenvalue weighted by Gasteiger charge is -2.32. The number of rotatable bonds is 9. The van der Waals surface area contributed by atoms with E-state index in [0.29, 0.717) is 18.8 Å². The van der Waals surface area contributed by atoms with Gasteiger partial charge in [-0.05, 0) is 38.3 Å². The molecule has 0 radical (unpaired) electrons. The molecule has 0 aromatic heterocycles. The lowest BCUT2D eigenvalue weighted by atomic mass is 9.95. The van der Waals surface area contributed by atoms with Crippen LogP contribution in [0.2, 0.25) is 0 Å². The largest absolute Gasteiger partial charge is 0.484 e. The number of benzene rings is 1. The second-order valence-corrected chi connectivity index (χ2v) is 7.16. The Balaban J connectivity index is 1.67. The van der Waals surface area contributed by atoms with E-state index in [0.717, 1.165) is 25.7 Å². The third kappa shape index (κ3) is 6.70. The van der Waals surface area contributed by atoms with Gasteiger partial charge in [0.15, 0.2) is 6.61 Å². The van der Waals surface area contributed by atoms with E-state index in [-0.39, 0.29) is 30.4 Å². The summed E-state index contributed by atoms with van der Waals surface area (Å²) in [5.74, 6) is 0.845. The predicted octanol–water partition coefficient (Wildman–Crippen LogP) is 3.39. The Bertz CT molecular complexity index is 554. The first-order valence-electron chi connectivity index (χ1n) is 9.86. The molecule has 1 fully saturated rings. The summed E-state index contributed by atoms with van der Waals surface area (Å²) in [6.07, 6.45) is 6.06. The molecule has 1 aromatic carbocycles. The summed E-state index contributed by atoms with van der Waals surface area (Å²) in [4.78, 5) is 26.5. The van der Waals surface area contributed by atoms with E-state index in [2.05, 4.69) is 19.2 Å². The van der Waals surface area contributed by atoms with Gasteiger partial charge in [-0.3, -0.25) is 9.59 Å². The first kappa shape index (κ1) is 20.3. The maximum atomic E-state index is 12.4. The number of carbonyl (C=O) groups is 2. The van der Waals surface area contributed by atoms with Gasteiger partial charge in [-0.1, -0.05) is 44.4 Å². The zero-order valence-corrected chi connectivity index (χ0v) is 16.1. The van der Waals surface area contributed by atoms with Crippen LogP contribution in [-0.2, 0) is 9.59 Å². The zero-order valence-electron chi connectivity index (χ0n) is 16.1. The van der Waals surface area contributed by atoms with Crippen LogP contribution >= 0.6 is 0 Å². The molecule has 5 heteroatoms. The van der Waals surface area contributed by atoms with Gasteiger partial charge >= 0.3 is 0 Å². The molecular weight excluding hydrogens is 328 g/mol. The van der Waals surface area contributed by atoms with Crippen molar-refractivity contribution in [1.82, 2.24) is 10.2 Å². The van der Waals surface area contributed by atoms with E-state index in [1.54, 1.807) is 4.90 Å². The number of amides is 2. The monoisotopic (exact) mass is 360 g/mol. The van der Waals surface area contributed by atoms with Crippen LogP contribution in [-0.4, -0.2) is 42.5 Å². The van der Waals surface area contributed by atoms with E-state index >= 15 is 0 Å². The van der Waals surface area contributed by atoms with Crippen molar-refractivity contribution in [3.05, 3.63) is 30.3 Å². The summed E-state index contributed by atoms with van der Waals surface area (Å²) in [7, 11) is 0. The summed E-state index contributed by atoms with van der Waals surface area (Å²) in [5, 5.41) is 3.13. The molecule has 2 amide bonds. The van der Waals surface area contributed by atoms with Crippen LogP contribution in [0.3, 0.4) is 0 Å². The number of ether oxygens (including phenoxy) is 1. The second kappa shape index (κ2) is 10.8. The van der Waals surface area contributed by atoms with Gasteiger partial charge < -0.3 is 15.0 Å². The van der Waals surface area contributed by atoms with Crippen LogP contribution in [0.4, 0.5) is 0 Å². The number of hydrogen-bond donors (Lipinski definition) is 1. The molecule has 1 aliphatic rings. The molecule has 5 nitrogen and oxygen atoms in total. The van der Waals surface area contributed by atoms with Gasteiger partial charge in [0.05, 0.1) is 0 Å². The summed E-state index contributed by atoms with van der Waals surface area (Å²) in [5.41, 5.74) is 0. The lowest BCUT2D eigenvalue weighted by molar-refractivity contribution is -0.137. The fraction of sp³-hybridized carbons (Fsp3) is 0.619. The van der Waals surface area contributed by atoms with Crippen LogP contribution in [0.25, 0.3) is 0 Å². The summed E-state index contributed by atoms with van der Waals surface area (Å²) < 4.78 is 5.52. The van der Waals surface area contributed by atoms with Gasteiger partial charge in [-0.15, -0.1) is 0 Å². The van der Waals surface area contributed by atoms with Crippen molar-refractivity contribution in [2.45, 2.75) is 58.4 Å². The minimum atomic E-state index is -0.0133. The average Bonchev–Trinajstić information content (AvgIpc) is 2.67. The molecule has 1 aliphatic heterocycles. The minimum Gasteiger partial charge on any atom is -0.484 e. The molecule has 0 bridgehead atoms. The van der Waals surface area contributed by atoms with Gasteiger partial charge in [0.25, 0.3) is 5.91 Å². The number of unbranched alkanes of at least 4 members (excludes halogenated alkanes) is 2. The fourth-order valence-electron chi connectivity index (χ4n) is 3.28. The Morgan fingerprint density at radius 2 is 1.88 bits per heavy atom. The Hall–Kier alpha value is -2.04. The molecular formula is C21H32N2O3. The number of nitrogens with one attached hydrogen (secondary N) is 1. The van der Waals surface area contributed by atoms with Crippen molar-refractivity contribution >= 4 is 11.8 Å². The highest BCUT2D eigenvalue weighted by Crippen LogP contribution is 2.18. The number of piperidine rings is 1. The third-order valence-electron chi connectivity index (χ3n) is 4.95. The topological polar surface area (TPSA) is 58.6 Å². The van der Waals surface area contributed by atoms with E-state index in [4.69, 9.17) is 4.74 Å². The van der Waals surface area contributed by atoms with Crippen molar-refractivity contribution in [3.63, 3.8) is 0 Å². The molecule has 0 spiro atoms. The smallest absolute Gasteiger partial charge is 0.260 e. The zero-order chi connectivity index (χ0) is 18.8. The Labute approximate surface area is 157 Å². The minimum absolute atomic E-state index is 0.0133. The maximum Gasteiger partial charge on any atom is 0.260 e. The van der Waals surface area contributed by atoms with Gasteiger partial charge in [-0.25, -0.2) is 0 Å². The third-order valence-corrected chi connectivity index (χ3v) is 4.95. The molecule has 1 aromatic rings. The lowest BCUT2D eigenvalue weighted by Crippen LogP contribution is -2.45. The predicted molar refractivity (Wildman–Crippen MR) is 103 cm³/mol. The highest BCUT2D eigenvalue weighted by Gasteiger charge is 2.27. The molecule has 2 rings (SSSR count). The molecule has 26 heavy (non-hydrogen) atoms. The molecule has 0 aliphatic carbocycles. The van der Waals surface area contributed by atoms with Crippen molar-refractivity contribution < 1.29 is 14.3 Å². The Kier molecular flexibility index (Phi) is 8.45. The number of nitrogens with zero attached hydrogens (tertiary/aromatic N) is 1. The first-order valence-corrected chi connectivity index (χ1v) is 9.86. The van der Waals surface area contributed by atoms with Crippen LogP contribution in [0.5, 0.6) is 5.75 Å². The highest BCUT2D eigenvalue weighted by molar-refractivity contribution is 5.80. The second-order valence-electron chi connectivity index (χ2n) is 7.16. The molecule has 144 valence electrons. The number of carbonyl (C=O) groups excluding carboxylic acids is 2. The summed E-state index contributed by atoms with van der Waals surface area (Å²) in [6.45, 7) is 5.56. The number of para-hydroxylation sites is 1. The number of hydrogen-bond acceptors (Lipinski definition) is 3. The van der Waals surface area contributed by atoms with E-state index in [1.165, 1.54) is 12.8 Å². The fourth-order valence-corrected chi connectivity index (χ4v) is 3.28. The number of likely N-dealkylation sites (tertiary alicyclic amines) is 1. The molecule has 0 saturated carbocycles. The van der Waals surface area contributed by atoms with E-state index in [9.17, 15) is 9.59 Å². The SMILES string of the molecule is CCCCCC(C)NC(=O)C1CCN(C(=O)COc2ccccc2)CC1. The normalized spacial score (nSPS) is 16.2. The van der Waals surface area contributed by atoms with Gasteiger partial charge in [-0.2, -0.15) is 0 Å². The molecule has 1 saturated heterocycles. The van der Waals surface area contributed by atoms with Gasteiger partial charge in [0.1, 0.15) is 5.75 Å². The van der Waals surface area contributed by atoms with E-state index < -0.39 is 0 Å². The standard InChI is InChI=1S/C21H32N2O3/c1-3-4-6-9-17(2)22-21(25)18-12-14-23(15-13-18)20(24)16-26-19-10-7-5-8-11-19/h5,7-8,10-11,17-18H,3-4,6,9,12-16H2,1-2H3,(H,22,25). The van der Waals surface area contributed by atoms with Crippen LogP contribution < -0.4 is 10.1 Å². The van der Waals surface area contributed by atoms with Crippen LogP contribution in [0, 0.1) is 5.92 Å². The van der Waals surface area contributed by atoms with Gasteiger partial charge in [0, 0.05) is 25.0 Å². The molecule has 1 N–H and O–H groups in total. The van der Waals surface area contributed by atoms with Crippen molar-refractivity contribution in [3.8, 4) is 5.75 Å². The molecule has 1 unspecified atom stereocenters. The quantitative estimate of drug-likeness (QED) is 0.687. The highest BCUT2D eigenvalue weighted by atomic mass is 16.5. The van der Waals surface area contributed by atoms with Crippen LogP contribution in [0.1, 0.15) is 52.4 Å². The summed E-state index contributed by atoms with van der Waals surface area (Å²) >= 11 is 0.